The van der Waals surface area contributed by atoms with Gasteiger partial charge in [-0.1, -0.05) is 12.1 Å². The Hall–Kier alpha value is -1.63. The molecule has 0 aliphatic carbocycles. The van der Waals surface area contributed by atoms with Crippen LogP contribution < -0.4 is 10.1 Å². The monoisotopic (exact) mass is 324 g/mol. The van der Waals surface area contributed by atoms with Gasteiger partial charge in [0.05, 0.1) is 13.2 Å². The van der Waals surface area contributed by atoms with Crippen LogP contribution in [-0.2, 0) is 20.8 Å². The lowest BCUT2D eigenvalue weighted by atomic mass is 10.2. The fourth-order valence-corrected chi connectivity index (χ4v) is 2.05. The average Bonchev–Trinajstić information content (AvgIpc) is 2.54. The van der Waals surface area contributed by atoms with Crippen LogP contribution in [0, 0.1) is 0 Å². The number of rotatable bonds is 12. The molecule has 6 nitrogen and oxygen atoms in total. The third-order valence-corrected chi connectivity index (χ3v) is 3.25. The molecule has 1 N–H and O–H groups in total. The Morgan fingerprint density at radius 3 is 2.70 bits per heavy atom. The molecule has 0 spiro atoms. The van der Waals surface area contributed by atoms with Crippen molar-refractivity contribution in [3.63, 3.8) is 0 Å². The van der Waals surface area contributed by atoms with Crippen LogP contribution in [0.4, 0.5) is 0 Å². The highest BCUT2D eigenvalue weighted by molar-refractivity contribution is 5.77. The second-order valence-electron chi connectivity index (χ2n) is 5.35. The first-order chi connectivity index (χ1) is 11.2. The number of ether oxygens (including phenoxy) is 3. The van der Waals surface area contributed by atoms with Gasteiger partial charge in [-0.15, -0.1) is 0 Å². The van der Waals surface area contributed by atoms with Gasteiger partial charge in [0.1, 0.15) is 12.4 Å². The maximum atomic E-state index is 11.9. The third-order valence-electron chi connectivity index (χ3n) is 3.25. The molecule has 1 rings (SSSR count). The minimum Gasteiger partial charge on any atom is -0.491 e. The summed E-state index contributed by atoms with van der Waals surface area (Å²) in [6, 6.07) is 7.70. The Labute approximate surface area is 138 Å². The minimum absolute atomic E-state index is 0.00983. The van der Waals surface area contributed by atoms with Crippen molar-refractivity contribution >= 4 is 5.91 Å². The Morgan fingerprint density at radius 2 is 1.96 bits per heavy atom. The second kappa shape index (κ2) is 11.9. The van der Waals surface area contributed by atoms with Crippen molar-refractivity contribution in [2.75, 3.05) is 54.2 Å². The first-order valence-corrected chi connectivity index (χ1v) is 7.80. The number of likely N-dealkylation sites (N-methyl/N-ethyl adjacent to an activating group) is 1. The zero-order valence-corrected chi connectivity index (χ0v) is 14.3. The first-order valence-electron chi connectivity index (χ1n) is 7.80. The number of nitrogens with zero attached hydrogens (tertiary/aromatic N) is 1. The van der Waals surface area contributed by atoms with Gasteiger partial charge in [-0.3, -0.25) is 9.69 Å². The van der Waals surface area contributed by atoms with Crippen molar-refractivity contribution in [1.82, 2.24) is 10.2 Å². The van der Waals surface area contributed by atoms with Crippen LogP contribution in [0.1, 0.15) is 12.0 Å². The van der Waals surface area contributed by atoms with Gasteiger partial charge in [-0.05, 0) is 31.2 Å². The van der Waals surface area contributed by atoms with Crippen LogP contribution >= 0.6 is 0 Å². The quantitative estimate of drug-likeness (QED) is 0.587. The van der Waals surface area contributed by atoms with Gasteiger partial charge in [0.15, 0.2) is 0 Å². The fraction of sp³-hybridized carbons (Fsp3) is 0.588. The van der Waals surface area contributed by atoms with Gasteiger partial charge < -0.3 is 19.5 Å². The average molecular weight is 324 g/mol. The minimum atomic E-state index is 0.00983. The topological polar surface area (TPSA) is 60.0 Å². The van der Waals surface area contributed by atoms with Crippen LogP contribution in [0.3, 0.4) is 0 Å². The molecule has 0 bridgehead atoms. The Morgan fingerprint density at radius 1 is 1.17 bits per heavy atom. The zero-order valence-electron chi connectivity index (χ0n) is 14.3. The molecular weight excluding hydrogens is 296 g/mol. The van der Waals surface area contributed by atoms with E-state index in [-0.39, 0.29) is 5.91 Å². The van der Waals surface area contributed by atoms with E-state index in [9.17, 15) is 4.79 Å². The van der Waals surface area contributed by atoms with E-state index >= 15 is 0 Å². The van der Waals surface area contributed by atoms with Crippen LogP contribution in [0.2, 0.25) is 0 Å². The zero-order chi connectivity index (χ0) is 16.9. The summed E-state index contributed by atoms with van der Waals surface area (Å²) in [4.78, 5) is 13.9. The molecule has 23 heavy (non-hydrogen) atoms. The maximum Gasteiger partial charge on any atom is 0.234 e. The number of hydrogen-bond acceptors (Lipinski definition) is 5. The molecule has 0 aliphatic heterocycles. The molecule has 1 aromatic rings. The molecule has 0 saturated carbocycles. The van der Waals surface area contributed by atoms with E-state index in [0.717, 1.165) is 24.3 Å². The van der Waals surface area contributed by atoms with E-state index in [1.807, 2.05) is 36.2 Å². The molecule has 6 heteroatoms. The van der Waals surface area contributed by atoms with E-state index in [1.165, 1.54) is 0 Å². The van der Waals surface area contributed by atoms with Crippen molar-refractivity contribution in [2.45, 2.75) is 13.0 Å². The second-order valence-corrected chi connectivity index (χ2v) is 5.35. The molecule has 0 unspecified atom stereocenters. The van der Waals surface area contributed by atoms with Crippen LogP contribution in [-0.4, -0.2) is 65.0 Å². The summed E-state index contributed by atoms with van der Waals surface area (Å²) in [5.74, 6) is 0.793. The maximum absolute atomic E-state index is 11.9. The summed E-state index contributed by atoms with van der Waals surface area (Å²) < 4.78 is 15.5. The summed E-state index contributed by atoms with van der Waals surface area (Å²) >= 11 is 0. The summed E-state index contributed by atoms with van der Waals surface area (Å²) in [6.07, 6.45) is 0.918. The van der Waals surface area contributed by atoms with Gasteiger partial charge in [-0.2, -0.15) is 0 Å². The van der Waals surface area contributed by atoms with E-state index < -0.39 is 0 Å². The Kier molecular flexibility index (Phi) is 10.0. The van der Waals surface area contributed by atoms with Crippen molar-refractivity contribution in [3.8, 4) is 5.75 Å². The Balaban J connectivity index is 2.30. The van der Waals surface area contributed by atoms with Gasteiger partial charge in [0, 0.05) is 33.9 Å². The predicted octanol–water partition coefficient (Wildman–Crippen LogP) is 1.30. The summed E-state index contributed by atoms with van der Waals surface area (Å²) in [5, 5.41) is 2.92. The highest BCUT2D eigenvalue weighted by Gasteiger charge is 2.06. The lowest BCUT2D eigenvalue weighted by Crippen LogP contribution is -2.35. The van der Waals surface area contributed by atoms with Crippen molar-refractivity contribution in [2.24, 2.45) is 0 Å². The van der Waals surface area contributed by atoms with Crippen LogP contribution in [0.25, 0.3) is 0 Å². The predicted molar refractivity (Wildman–Crippen MR) is 89.6 cm³/mol. The number of benzene rings is 1. The molecule has 0 saturated heterocycles. The highest BCUT2D eigenvalue weighted by Crippen LogP contribution is 2.13. The normalized spacial score (nSPS) is 10.8. The fourth-order valence-electron chi connectivity index (χ4n) is 2.05. The van der Waals surface area contributed by atoms with Crippen molar-refractivity contribution < 1.29 is 19.0 Å². The van der Waals surface area contributed by atoms with E-state index in [0.29, 0.717) is 32.9 Å². The molecule has 0 fully saturated rings. The summed E-state index contributed by atoms with van der Waals surface area (Å²) in [5.41, 5.74) is 1.01. The van der Waals surface area contributed by atoms with Gasteiger partial charge in [-0.25, -0.2) is 0 Å². The highest BCUT2D eigenvalue weighted by atomic mass is 16.5. The van der Waals surface area contributed by atoms with Crippen molar-refractivity contribution in [1.29, 1.82) is 0 Å². The molecule has 1 aromatic carbocycles. The van der Waals surface area contributed by atoms with E-state index in [2.05, 4.69) is 5.32 Å². The number of carbonyl (C=O) groups excluding carboxylic acids is 1. The molecular formula is C17H28N2O4. The third kappa shape index (κ3) is 9.18. The van der Waals surface area contributed by atoms with Crippen molar-refractivity contribution in [3.05, 3.63) is 29.8 Å². The van der Waals surface area contributed by atoms with E-state index in [4.69, 9.17) is 14.2 Å². The van der Waals surface area contributed by atoms with E-state index in [1.54, 1.807) is 14.2 Å². The van der Waals surface area contributed by atoms with Gasteiger partial charge in [0.2, 0.25) is 5.91 Å². The van der Waals surface area contributed by atoms with Crippen LogP contribution in [0.15, 0.2) is 24.3 Å². The summed E-state index contributed by atoms with van der Waals surface area (Å²) in [6.45, 7) is 3.49. The van der Waals surface area contributed by atoms with Gasteiger partial charge in [0.25, 0.3) is 0 Å². The SMILES string of the molecule is COCCCN(C)CC(=O)NCc1cccc(OCCOC)c1. The first kappa shape index (κ1) is 19.4. The Bertz CT molecular complexity index is 454. The number of hydrogen-bond donors (Lipinski definition) is 1. The molecule has 0 aliphatic rings. The lowest BCUT2D eigenvalue weighted by Gasteiger charge is -2.16. The number of nitrogens with one attached hydrogen (secondary N) is 1. The van der Waals surface area contributed by atoms with Crippen LogP contribution in [0.5, 0.6) is 5.75 Å². The molecule has 0 aromatic heterocycles. The number of methoxy groups -OCH3 is 2. The molecule has 0 radical (unpaired) electrons. The number of amides is 1. The largest absolute Gasteiger partial charge is 0.491 e. The molecule has 0 atom stereocenters. The molecule has 0 heterocycles. The standard InChI is InChI=1S/C17H28N2O4/c1-19(8-5-9-21-2)14-17(20)18-13-15-6-4-7-16(12-15)23-11-10-22-3/h4,6-7,12H,5,8-11,13-14H2,1-3H3,(H,18,20). The molecule has 1 amide bonds. The summed E-state index contributed by atoms with van der Waals surface area (Å²) in [7, 11) is 5.25. The lowest BCUT2D eigenvalue weighted by molar-refractivity contribution is -0.122. The smallest absolute Gasteiger partial charge is 0.234 e. The number of carbonyl (C=O) groups is 1. The molecule has 130 valence electrons. The van der Waals surface area contributed by atoms with Gasteiger partial charge >= 0.3 is 0 Å².